The van der Waals surface area contributed by atoms with Crippen LogP contribution in [0.3, 0.4) is 0 Å². The molecule has 2 aromatic rings. The lowest BCUT2D eigenvalue weighted by atomic mass is 10.1. The molecular weight excluding hydrogens is 314 g/mol. The maximum atomic E-state index is 5.92. The van der Waals surface area contributed by atoms with Gasteiger partial charge in [-0.1, -0.05) is 36.4 Å². The third kappa shape index (κ3) is 3.97. The molecule has 4 heteroatoms. The second kappa shape index (κ2) is 7.89. The van der Waals surface area contributed by atoms with Crippen molar-refractivity contribution < 1.29 is 14.2 Å². The predicted molar refractivity (Wildman–Crippen MR) is 97.1 cm³/mol. The summed E-state index contributed by atoms with van der Waals surface area (Å²) in [5.41, 5.74) is 4.06. The summed E-state index contributed by atoms with van der Waals surface area (Å²) in [6.45, 7) is 2.66. The van der Waals surface area contributed by atoms with E-state index in [1.807, 2.05) is 18.2 Å². The number of benzene rings is 2. The first-order valence-electron chi connectivity index (χ1n) is 9.15. The first kappa shape index (κ1) is 16.4. The third-order valence-electron chi connectivity index (χ3n) is 4.92. The molecule has 4 rings (SSSR count). The summed E-state index contributed by atoms with van der Waals surface area (Å²) in [7, 11) is 0. The molecule has 2 aromatic carbocycles. The lowest BCUT2D eigenvalue weighted by Gasteiger charge is -2.20. The Hall–Kier alpha value is -2.04. The minimum Gasteiger partial charge on any atom is -0.490 e. The molecule has 4 nitrogen and oxygen atoms in total. The van der Waals surface area contributed by atoms with Gasteiger partial charge in [-0.25, -0.2) is 0 Å². The van der Waals surface area contributed by atoms with E-state index in [2.05, 4.69) is 29.6 Å². The fourth-order valence-corrected chi connectivity index (χ4v) is 3.62. The lowest BCUT2D eigenvalue weighted by molar-refractivity contribution is -0.0183. The molecule has 0 atom stereocenters. The average Bonchev–Trinajstić information content (AvgIpc) is 3.07. The van der Waals surface area contributed by atoms with E-state index in [0.717, 1.165) is 49.3 Å². The molecule has 0 spiro atoms. The van der Waals surface area contributed by atoms with E-state index in [1.54, 1.807) is 0 Å². The molecule has 0 bridgehead atoms. The summed E-state index contributed by atoms with van der Waals surface area (Å²) < 4.78 is 16.8. The Morgan fingerprint density at radius 3 is 2.60 bits per heavy atom. The minimum atomic E-state index is 0.307. The zero-order chi connectivity index (χ0) is 16.9. The fraction of sp³-hybridized carbons (Fsp3) is 0.429. The van der Waals surface area contributed by atoms with Crippen LogP contribution in [0.4, 0.5) is 0 Å². The van der Waals surface area contributed by atoms with Gasteiger partial charge in [-0.05, 0) is 49.4 Å². The van der Waals surface area contributed by atoms with E-state index in [4.69, 9.17) is 14.2 Å². The standard InChI is InChI=1S/C21H25NO3/c1-2-7-17-13-19(12-16(17)6-1)22-10-3-4-11-24-20-9-5-8-18-14-23-15-25-21(18)20/h1-2,5-9,19,22H,3-4,10-15H2. The smallest absolute Gasteiger partial charge is 0.189 e. The van der Waals surface area contributed by atoms with Crippen LogP contribution < -0.4 is 14.8 Å². The number of nitrogens with one attached hydrogen (secondary N) is 1. The van der Waals surface area contributed by atoms with Crippen molar-refractivity contribution in [2.75, 3.05) is 19.9 Å². The molecule has 0 saturated heterocycles. The van der Waals surface area contributed by atoms with Crippen molar-refractivity contribution in [3.05, 3.63) is 59.2 Å². The maximum absolute atomic E-state index is 5.92. The predicted octanol–water partition coefficient (Wildman–Crippen LogP) is 3.47. The van der Waals surface area contributed by atoms with Crippen LogP contribution in [0.2, 0.25) is 0 Å². The first-order chi connectivity index (χ1) is 12.4. The fourth-order valence-electron chi connectivity index (χ4n) is 3.62. The van der Waals surface area contributed by atoms with Crippen molar-refractivity contribution >= 4 is 0 Å². The Morgan fingerprint density at radius 1 is 0.960 bits per heavy atom. The van der Waals surface area contributed by atoms with Crippen molar-refractivity contribution in [3.8, 4) is 11.5 Å². The number of ether oxygens (including phenoxy) is 3. The Kier molecular flexibility index (Phi) is 5.19. The van der Waals surface area contributed by atoms with Crippen molar-refractivity contribution in [3.63, 3.8) is 0 Å². The first-order valence-corrected chi connectivity index (χ1v) is 9.15. The highest BCUT2D eigenvalue weighted by Gasteiger charge is 2.19. The number of hydrogen-bond acceptors (Lipinski definition) is 4. The molecule has 1 aliphatic carbocycles. The van der Waals surface area contributed by atoms with Crippen LogP contribution in [-0.2, 0) is 24.2 Å². The van der Waals surface area contributed by atoms with Crippen LogP contribution >= 0.6 is 0 Å². The number of hydrogen-bond donors (Lipinski definition) is 1. The molecule has 0 unspecified atom stereocenters. The summed E-state index contributed by atoms with van der Waals surface area (Å²) >= 11 is 0. The van der Waals surface area contributed by atoms with Gasteiger partial charge in [0.25, 0.3) is 0 Å². The van der Waals surface area contributed by atoms with Gasteiger partial charge in [0.1, 0.15) is 0 Å². The quantitative estimate of drug-likeness (QED) is 0.784. The van der Waals surface area contributed by atoms with E-state index in [9.17, 15) is 0 Å². The number of unbranched alkanes of at least 4 members (excludes halogenated alkanes) is 1. The van der Waals surface area contributed by atoms with Gasteiger partial charge in [-0.3, -0.25) is 0 Å². The Morgan fingerprint density at radius 2 is 1.76 bits per heavy atom. The van der Waals surface area contributed by atoms with Crippen LogP contribution in [0.1, 0.15) is 29.5 Å². The van der Waals surface area contributed by atoms with E-state index in [-0.39, 0.29) is 0 Å². The van der Waals surface area contributed by atoms with Gasteiger partial charge in [0.15, 0.2) is 18.3 Å². The van der Waals surface area contributed by atoms with E-state index >= 15 is 0 Å². The topological polar surface area (TPSA) is 39.7 Å². The van der Waals surface area contributed by atoms with E-state index in [1.165, 1.54) is 11.1 Å². The maximum Gasteiger partial charge on any atom is 0.189 e. The highest BCUT2D eigenvalue weighted by Crippen LogP contribution is 2.34. The van der Waals surface area contributed by atoms with Crippen LogP contribution in [0, 0.1) is 0 Å². The van der Waals surface area contributed by atoms with Gasteiger partial charge in [0, 0.05) is 11.6 Å². The Labute approximate surface area is 149 Å². The third-order valence-corrected chi connectivity index (χ3v) is 4.92. The Bertz CT molecular complexity index is 691. The second-order valence-corrected chi connectivity index (χ2v) is 6.74. The van der Waals surface area contributed by atoms with Crippen LogP contribution in [0.25, 0.3) is 0 Å². The number of rotatable bonds is 7. The van der Waals surface area contributed by atoms with Crippen LogP contribution in [0.5, 0.6) is 11.5 Å². The molecule has 1 aliphatic heterocycles. The van der Waals surface area contributed by atoms with Crippen molar-refractivity contribution in [2.45, 2.75) is 38.3 Å². The minimum absolute atomic E-state index is 0.307. The van der Waals surface area contributed by atoms with Gasteiger partial charge in [0.05, 0.1) is 13.2 Å². The molecule has 25 heavy (non-hydrogen) atoms. The van der Waals surface area contributed by atoms with Gasteiger partial charge in [0.2, 0.25) is 0 Å². The average molecular weight is 339 g/mol. The largest absolute Gasteiger partial charge is 0.490 e. The Balaban J connectivity index is 1.15. The molecule has 1 heterocycles. The molecule has 0 fully saturated rings. The molecule has 0 saturated carbocycles. The van der Waals surface area contributed by atoms with Gasteiger partial charge >= 0.3 is 0 Å². The molecule has 0 aromatic heterocycles. The SMILES string of the molecule is c1ccc2c(c1)CC(NCCCCOc1cccc3c1OCOC3)C2. The van der Waals surface area contributed by atoms with Gasteiger partial charge < -0.3 is 19.5 Å². The lowest BCUT2D eigenvalue weighted by Crippen LogP contribution is -2.30. The zero-order valence-corrected chi connectivity index (χ0v) is 14.5. The second-order valence-electron chi connectivity index (χ2n) is 6.74. The monoisotopic (exact) mass is 339 g/mol. The van der Waals surface area contributed by atoms with Crippen LogP contribution in [0.15, 0.2) is 42.5 Å². The van der Waals surface area contributed by atoms with Crippen LogP contribution in [-0.4, -0.2) is 26.0 Å². The number of fused-ring (bicyclic) bond motifs is 2. The summed E-state index contributed by atoms with van der Waals surface area (Å²) in [6, 6.07) is 15.3. The van der Waals surface area contributed by atoms with Gasteiger partial charge in [-0.15, -0.1) is 0 Å². The molecule has 0 radical (unpaired) electrons. The zero-order valence-electron chi connectivity index (χ0n) is 14.5. The number of para-hydroxylation sites is 1. The summed E-state index contributed by atoms with van der Waals surface area (Å²) in [6.07, 6.45) is 4.46. The summed E-state index contributed by atoms with van der Waals surface area (Å²) in [4.78, 5) is 0. The van der Waals surface area contributed by atoms with Crippen molar-refractivity contribution in [1.29, 1.82) is 0 Å². The molecule has 2 aliphatic rings. The highest BCUT2D eigenvalue weighted by molar-refractivity contribution is 5.46. The highest BCUT2D eigenvalue weighted by atomic mass is 16.7. The molecular formula is C21H25NO3. The molecule has 1 N–H and O–H groups in total. The summed E-state index contributed by atoms with van der Waals surface area (Å²) in [5.74, 6) is 1.68. The normalized spacial score (nSPS) is 16.2. The molecule has 0 amide bonds. The summed E-state index contributed by atoms with van der Waals surface area (Å²) in [5, 5.41) is 3.68. The van der Waals surface area contributed by atoms with Gasteiger partial charge in [-0.2, -0.15) is 0 Å². The van der Waals surface area contributed by atoms with Crippen molar-refractivity contribution in [2.24, 2.45) is 0 Å². The molecule has 132 valence electrons. The van der Waals surface area contributed by atoms with Crippen molar-refractivity contribution in [1.82, 2.24) is 5.32 Å². The van der Waals surface area contributed by atoms with E-state index < -0.39 is 0 Å². The van der Waals surface area contributed by atoms with E-state index in [0.29, 0.717) is 26.0 Å².